The van der Waals surface area contributed by atoms with E-state index in [4.69, 9.17) is 5.11 Å². The number of nitrogens with zero attached hydrogens (tertiary/aromatic N) is 1. The lowest BCUT2D eigenvalue weighted by molar-refractivity contribution is -0.132. The van der Waals surface area contributed by atoms with E-state index in [0.29, 0.717) is 18.5 Å². The molecule has 0 spiro atoms. The van der Waals surface area contributed by atoms with Gasteiger partial charge in [-0.2, -0.15) is 0 Å². The van der Waals surface area contributed by atoms with Crippen molar-refractivity contribution in [2.24, 2.45) is 17.8 Å². The van der Waals surface area contributed by atoms with Crippen molar-refractivity contribution in [1.29, 1.82) is 0 Å². The number of aliphatic hydroxyl groups excluding tert-OH is 1. The lowest BCUT2D eigenvalue weighted by Crippen LogP contribution is -2.37. The topological polar surface area (TPSA) is 40.5 Å². The summed E-state index contributed by atoms with van der Waals surface area (Å²) in [4.78, 5) is 13.7. The SMILES string of the molecule is CC(CO)CN1C(=O)C(C)C(C)C1C. The van der Waals surface area contributed by atoms with Gasteiger partial charge < -0.3 is 10.0 Å². The Morgan fingerprint density at radius 1 is 1.43 bits per heavy atom. The fourth-order valence-corrected chi connectivity index (χ4v) is 2.04. The maximum Gasteiger partial charge on any atom is 0.226 e. The van der Waals surface area contributed by atoms with Crippen LogP contribution in [0.2, 0.25) is 0 Å². The highest BCUT2D eigenvalue weighted by Gasteiger charge is 2.40. The highest BCUT2D eigenvalue weighted by Crippen LogP contribution is 2.30. The zero-order chi connectivity index (χ0) is 10.9. The molecule has 0 aliphatic carbocycles. The molecule has 1 fully saturated rings. The van der Waals surface area contributed by atoms with Gasteiger partial charge in [0.05, 0.1) is 0 Å². The summed E-state index contributed by atoms with van der Waals surface area (Å²) in [7, 11) is 0. The molecule has 3 heteroatoms. The molecular weight excluding hydrogens is 178 g/mol. The fourth-order valence-electron chi connectivity index (χ4n) is 2.04. The Kier molecular flexibility index (Phi) is 3.53. The van der Waals surface area contributed by atoms with E-state index in [-0.39, 0.29) is 24.3 Å². The van der Waals surface area contributed by atoms with Crippen LogP contribution in [0, 0.1) is 17.8 Å². The summed E-state index contributed by atoms with van der Waals surface area (Å²) < 4.78 is 0. The van der Waals surface area contributed by atoms with Crippen LogP contribution in [0.15, 0.2) is 0 Å². The first-order chi connectivity index (χ1) is 6.49. The second-order valence-electron chi connectivity index (χ2n) is 4.67. The van der Waals surface area contributed by atoms with Crippen LogP contribution < -0.4 is 0 Å². The summed E-state index contributed by atoms with van der Waals surface area (Å²) >= 11 is 0. The van der Waals surface area contributed by atoms with E-state index in [0.717, 1.165) is 0 Å². The van der Waals surface area contributed by atoms with E-state index in [9.17, 15) is 4.79 Å². The Labute approximate surface area is 86.1 Å². The molecule has 4 unspecified atom stereocenters. The minimum Gasteiger partial charge on any atom is -0.396 e. The number of amides is 1. The van der Waals surface area contributed by atoms with Gasteiger partial charge >= 0.3 is 0 Å². The zero-order valence-electron chi connectivity index (χ0n) is 9.53. The van der Waals surface area contributed by atoms with Crippen LogP contribution in [0.5, 0.6) is 0 Å². The van der Waals surface area contributed by atoms with Crippen LogP contribution in [0.25, 0.3) is 0 Å². The lowest BCUT2D eigenvalue weighted by atomic mass is 9.95. The average Bonchev–Trinajstić information content (AvgIpc) is 2.35. The Morgan fingerprint density at radius 3 is 2.36 bits per heavy atom. The van der Waals surface area contributed by atoms with Gasteiger partial charge in [0.1, 0.15) is 0 Å². The predicted octanol–water partition coefficient (Wildman–Crippen LogP) is 1.12. The Morgan fingerprint density at radius 2 is 2.00 bits per heavy atom. The summed E-state index contributed by atoms with van der Waals surface area (Å²) in [6.45, 7) is 9.01. The molecule has 0 aromatic heterocycles. The maximum absolute atomic E-state index is 11.8. The first-order valence-corrected chi connectivity index (χ1v) is 5.40. The van der Waals surface area contributed by atoms with Crippen molar-refractivity contribution in [3.8, 4) is 0 Å². The standard InChI is InChI=1S/C11H21NO2/c1-7(6-13)5-12-10(4)8(2)9(3)11(12)14/h7-10,13H,5-6H2,1-4H3. The van der Waals surface area contributed by atoms with Crippen LogP contribution in [0.3, 0.4) is 0 Å². The average molecular weight is 199 g/mol. The van der Waals surface area contributed by atoms with Crippen molar-refractivity contribution in [1.82, 2.24) is 4.90 Å². The van der Waals surface area contributed by atoms with Crippen molar-refractivity contribution in [2.45, 2.75) is 33.7 Å². The molecule has 0 radical (unpaired) electrons. The molecule has 1 heterocycles. The largest absolute Gasteiger partial charge is 0.396 e. The smallest absolute Gasteiger partial charge is 0.226 e. The molecule has 0 aromatic carbocycles. The van der Waals surface area contributed by atoms with Gasteiger partial charge in [0, 0.05) is 25.1 Å². The number of rotatable bonds is 3. The minimum atomic E-state index is 0.135. The first-order valence-electron chi connectivity index (χ1n) is 5.40. The number of carbonyl (C=O) groups is 1. The summed E-state index contributed by atoms with van der Waals surface area (Å²) in [6.07, 6.45) is 0. The molecule has 1 aliphatic rings. The monoisotopic (exact) mass is 199 g/mol. The highest BCUT2D eigenvalue weighted by atomic mass is 16.3. The number of aliphatic hydroxyl groups is 1. The predicted molar refractivity (Wildman–Crippen MR) is 55.8 cm³/mol. The summed E-state index contributed by atoms with van der Waals surface area (Å²) in [6, 6.07) is 0.312. The van der Waals surface area contributed by atoms with Gasteiger partial charge in [-0.05, 0) is 18.8 Å². The molecule has 3 nitrogen and oxygen atoms in total. The quantitative estimate of drug-likeness (QED) is 0.740. The van der Waals surface area contributed by atoms with Gasteiger partial charge in [-0.1, -0.05) is 20.8 Å². The zero-order valence-corrected chi connectivity index (χ0v) is 9.53. The second-order valence-corrected chi connectivity index (χ2v) is 4.67. The lowest BCUT2D eigenvalue weighted by Gasteiger charge is -2.25. The summed E-state index contributed by atoms with van der Waals surface area (Å²) in [5.41, 5.74) is 0. The molecule has 1 aliphatic heterocycles. The molecule has 0 saturated carbocycles. The normalized spacial score (nSPS) is 35.1. The van der Waals surface area contributed by atoms with Gasteiger partial charge in [-0.15, -0.1) is 0 Å². The van der Waals surface area contributed by atoms with E-state index in [2.05, 4.69) is 13.8 Å². The highest BCUT2D eigenvalue weighted by molar-refractivity contribution is 5.81. The Bertz CT molecular complexity index is 217. The van der Waals surface area contributed by atoms with Crippen LogP contribution in [0.4, 0.5) is 0 Å². The molecule has 4 atom stereocenters. The fraction of sp³-hybridized carbons (Fsp3) is 0.909. The summed E-state index contributed by atoms with van der Waals surface area (Å²) in [5, 5.41) is 8.96. The molecule has 82 valence electrons. The molecule has 1 saturated heterocycles. The van der Waals surface area contributed by atoms with E-state index in [1.54, 1.807) is 0 Å². The van der Waals surface area contributed by atoms with Gasteiger partial charge in [-0.25, -0.2) is 0 Å². The van der Waals surface area contributed by atoms with Gasteiger partial charge in [0.15, 0.2) is 0 Å². The second kappa shape index (κ2) is 4.30. The number of hydrogen-bond donors (Lipinski definition) is 1. The van der Waals surface area contributed by atoms with E-state index in [1.807, 2.05) is 18.7 Å². The van der Waals surface area contributed by atoms with Crippen LogP contribution >= 0.6 is 0 Å². The van der Waals surface area contributed by atoms with Crippen LogP contribution in [-0.4, -0.2) is 35.1 Å². The minimum absolute atomic E-state index is 0.135. The van der Waals surface area contributed by atoms with Crippen molar-refractivity contribution in [2.75, 3.05) is 13.2 Å². The molecule has 1 amide bonds. The van der Waals surface area contributed by atoms with Crippen molar-refractivity contribution in [3.05, 3.63) is 0 Å². The molecule has 14 heavy (non-hydrogen) atoms. The van der Waals surface area contributed by atoms with Gasteiger partial charge in [0.25, 0.3) is 0 Å². The van der Waals surface area contributed by atoms with Gasteiger partial charge in [0.2, 0.25) is 5.91 Å². The van der Waals surface area contributed by atoms with Crippen LogP contribution in [0.1, 0.15) is 27.7 Å². The Balaban J connectivity index is 2.65. The van der Waals surface area contributed by atoms with Gasteiger partial charge in [-0.3, -0.25) is 4.79 Å². The Hall–Kier alpha value is -0.570. The molecule has 1 rings (SSSR count). The molecule has 1 N–H and O–H groups in total. The molecule has 0 aromatic rings. The molecule has 0 bridgehead atoms. The number of hydrogen-bond acceptors (Lipinski definition) is 2. The van der Waals surface area contributed by atoms with Crippen molar-refractivity contribution in [3.63, 3.8) is 0 Å². The summed E-state index contributed by atoms with van der Waals surface area (Å²) in [5.74, 6) is 0.980. The van der Waals surface area contributed by atoms with Crippen molar-refractivity contribution < 1.29 is 9.90 Å². The third-order valence-electron chi connectivity index (χ3n) is 3.53. The van der Waals surface area contributed by atoms with E-state index in [1.165, 1.54) is 0 Å². The third-order valence-corrected chi connectivity index (χ3v) is 3.53. The van der Waals surface area contributed by atoms with E-state index >= 15 is 0 Å². The third kappa shape index (κ3) is 1.92. The van der Waals surface area contributed by atoms with E-state index < -0.39 is 0 Å². The maximum atomic E-state index is 11.8. The molecular formula is C11H21NO2. The van der Waals surface area contributed by atoms with Crippen molar-refractivity contribution >= 4 is 5.91 Å². The first kappa shape index (κ1) is 11.5. The van der Waals surface area contributed by atoms with Crippen LogP contribution in [-0.2, 0) is 4.79 Å². The number of likely N-dealkylation sites (tertiary alicyclic amines) is 1. The number of carbonyl (C=O) groups excluding carboxylic acids is 1.